The molecule has 12 heteroatoms. The standard InChI is InChI=1S/C25H36ClN7O3S/c1-15(2)36-22-12-18(17-8-10-29-11-9-17)6-7-20(22)32-25-30-13-19(26)24(33-25)31-21(14-28-5)23(27)37(34,35)16(3)4/h6-7,12-17,27-29H,8-11H2,1-5H3,(H2,30,31,32,33)/b21-14+,27-23?. The number of benzene rings is 1. The third kappa shape index (κ3) is 7.33. The zero-order valence-corrected chi connectivity index (χ0v) is 23.4. The normalized spacial score (nSPS) is 15.1. The molecule has 2 heterocycles. The molecule has 10 nitrogen and oxygen atoms in total. The molecule has 1 fully saturated rings. The molecule has 1 saturated heterocycles. The van der Waals surface area contributed by atoms with Crippen molar-refractivity contribution in [3.63, 3.8) is 0 Å². The number of ether oxygens (including phenoxy) is 1. The van der Waals surface area contributed by atoms with Gasteiger partial charge in [-0.2, -0.15) is 4.98 Å². The molecule has 0 aliphatic carbocycles. The minimum Gasteiger partial charge on any atom is -0.489 e. The number of sulfone groups is 1. The van der Waals surface area contributed by atoms with Gasteiger partial charge in [0.2, 0.25) is 5.95 Å². The minimum absolute atomic E-state index is 0.0119. The van der Waals surface area contributed by atoms with Crippen LogP contribution in [0.3, 0.4) is 0 Å². The topological polar surface area (TPSA) is 141 Å². The van der Waals surface area contributed by atoms with E-state index >= 15 is 0 Å². The van der Waals surface area contributed by atoms with Gasteiger partial charge in [-0.05, 0) is 77.2 Å². The maximum absolute atomic E-state index is 12.6. The summed E-state index contributed by atoms with van der Waals surface area (Å²) in [6.07, 6.45) is 4.90. The van der Waals surface area contributed by atoms with Crippen LogP contribution in [-0.4, -0.2) is 54.9 Å². The van der Waals surface area contributed by atoms with Gasteiger partial charge < -0.3 is 26.0 Å². The molecule has 0 bridgehead atoms. The lowest BCUT2D eigenvalue weighted by atomic mass is 9.90. The second kappa shape index (κ2) is 12.6. The number of piperidine rings is 1. The molecule has 2 aromatic rings. The first-order valence-corrected chi connectivity index (χ1v) is 14.2. The van der Waals surface area contributed by atoms with E-state index in [-0.39, 0.29) is 28.6 Å². The summed E-state index contributed by atoms with van der Waals surface area (Å²) in [6, 6.07) is 6.11. The van der Waals surface area contributed by atoms with E-state index in [0.717, 1.165) is 25.9 Å². The van der Waals surface area contributed by atoms with Crippen molar-refractivity contribution in [2.24, 2.45) is 0 Å². The summed E-state index contributed by atoms with van der Waals surface area (Å²) in [7, 11) is -2.22. The van der Waals surface area contributed by atoms with Gasteiger partial charge in [-0.3, -0.25) is 5.41 Å². The van der Waals surface area contributed by atoms with Crippen molar-refractivity contribution in [3.05, 3.63) is 46.9 Å². The Kier molecular flexibility index (Phi) is 9.74. The van der Waals surface area contributed by atoms with E-state index < -0.39 is 20.1 Å². The SMILES string of the molecule is CN/C=C(/Nc1nc(Nc2ccc(C3CCNCC3)cc2OC(C)C)ncc1Cl)C(=N)S(=O)(=O)C(C)C. The lowest BCUT2D eigenvalue weighted by Gasteiger charge is -2.24. The Morgan fingerprint density at radius 3 is 2.57 bits per heavy atom. The fraction of sp³-hybridized carbons (Fsp3) is 0.480. The lowest BCUT2D eigenvalue weighted by Crippen LogP contribution is -2.28. The van der Waals surface area contributed by atoms with Crippen LogP contribution in [0, 0.1) is 5.41 Å². The van der Waals surface area contributed by atoms with Crippen LogP contribution >= 0.6 is 11.6 Å². The second-order valence-corrected chi connectivity index (χ2v) is 12.2. The predicted molar refractivity (Wildman–Crippen MR) is 150 cm³/mol. The highest BCUT2D eigenvalue weighted by molar-refractivity contribution is 8.07. The van der Waals surface area contributed by atoms with Gasteiger partial charge in [0.15, 0.2) is 20.7 Å². The fourth-order valence-corrected chi connectivity index (χ4v) is 4.88. The summed E-state index contributed by atoms with van der Waals surface area (Å²) in [5.41, 5.74) is 1.94. The van der Waals surface area contributed by atoms with E-state index in [1.165, 1.54) is 31.8 Å². The smallest absolute Gasteiger partial charge is 0.229 e. The molecule has 5 N–H and O–H groups in total. The van der Waals surface area contributed by atoms with Gasteiger partial charge in [0, 0.05) is 13.2 Å². The molecule has 0 atom stereocenters. The first-order valence-electron chi connectivity index (χ1n) is 12.3. The van der Waals surface area contributed by atoms with E-state index in [2.05, 4.69) is 43.4 Å². The lowest BCUT2D eigenvalue weighted by molar-refractivity contribution is 0.243. The van der Waals surface area contributed by atoms with E-state index in [9.17, 15) is 8.42 Å². The molecule has 37 heavy (non-hydrogen) atoms. The molecule has 1 aromatic carbocycles. The van der Waals surface area contributed by atoms with E-state index in [1.807, 2.05) is 19.9 Å². The van der Waals surface area contributed by atoms with Crippen LogP contribution in [0.25, 0.3) is 0 Å². The molecule has 0 unspecified atom stereocenters. The zero-order chi connectivity index (χ0) is 27.2. The molecule has 3 rings (SSSR count). The molecule has 0 spiro atoms. The van der Waals surface area contributed by atoms with Gasteiger partial charge >= 0.3 is 0 Å². The number of nitrogens with one attached hydrogen (secondary N) is 5. The Morgan fingerprint density at radius 1 is 1.24 bits per heavy atom. The van der Waals surface area contributed by atoms with Crippen molar-refractivity contribution in [1.29, 1.82) is 5.41 Å². The number of aromatic nitrogens is 2. The fourth-order valence-electron chi connectivity index (χ4n) is 3.86. The van der Waals surface area contributed by atoms with Gasteiger partial charge in [-0.15, -0.1) is 0 Å². The van der Waals surface area contributed by atoms with E-state index in [1.54, 1.807) is 7.05 Å². The van der Waals surface area contributed by atoms with Crippen LogP contribution in [0.4, 0.5) is 17.5 Å². The number of hydrogen-bond donors (Lipinski definition) is 5. The second-order valence-electron chi connectivity index (χ2n) is 9.36. The highest BCUT2D eigenvalue weighted by Crippen LogP contribution is 2.35. The first-order chi connectivity index (χ1) is 17.5. The van der Waals surface area contributed by atoms with Crippen LogP contribution in [0.15, 0.2) is 36.3 Å². The van der Waals surface area contributed by atoms with Crippen LogP contribution in [0.2, 0.25) is 5.02 Å². The Bertz CT molecular complexity index is 1240. The first kappa shape index (κ1) is 28.7. The predicted octanol–water partition coefficient (Wildman–Crippen LogP) is 4.40. The highest BCUT2D eigenvalue weighted by atomic mass is 35.5. The maximum Gasteiger partial charge on any atom is 0.229 e. The van der Waals surface area contributed by atoms with Crippen molar-refractivity contribution in [3.8, 4) is 5.75 Å². The van der Waals surface area contributed by atoms with E-state index in [0.29, 0.717) is 17.4 Å². The third-order valence-corrected chi connectivity index (χ3v) is 8.17. The summed E-state index contributed by atoms with van der Waals surface area (Å²) < 4.78 is 31.2. The monoisotopic (exact) mass is 549 g/mol. The Labute approximate surface area is 224 Å². The maximum atomic E-state index is 12.6. The third-order valence-electron chi connectivity index (χ3n) is 5.86. The largest absolute Gasteiger partial charge is 0.489 e. The molecule has 1 aromatic heterocycles. The average Bonchev–Trinajstić information content (AvgIpc) is 2.86. The Balaban J connectivity index is 1.89. The molecule has 0 amide bonds. The molecular weight excluding hydrogens is 514 g/mol. The summed E-state index contributed by atoms with van der Waals surface area (Å²) in [4.78, 5) is 8.72. The van der Waals surface area contributed by atoms with Crippen molar-refractivity contribution >= 4 is 43.9 Å². The summed E-state index contributed by atoms with van der Waals surface area (Å²) in [6.45, 7) is 8.98. The minimum atomic E-state index is -3.83. The van der Waals surface area contributed by atoms with Gasteiger partial charge in [0.05, 0.1) is 28.9 Å². The summed E-state index contributed by atoms with van der Waals surface area (Å²) >= 11 is 6.32. The van der Waals surface area contributed by atoms with Crippen LogP contribution in [0.5, 0.6) is 5.75 Å². The van der Waals surface area contributed by atoms with Crippen LogP contribution < -0.4 is 26.0 Å². The van der Waals surface area contributed by atoms with Gasteiger partial charge in [0.25, 0.3) is 0 Å². The van der Waals surface area contributed by atoms with Gasteiger partial charge in [0.1, 0.15) is 10.8 Å². The van der Waals surface area contributed by atoms with Crippen LogP contribution in [-0.2, 0) is 9.84 Å². The van der Waals surface area contributed by atoms with Gasteiger partial charge in [-0.1, -0.05) is 17.7 Å². The molecule has 202 valence electrons. The van der Waals surface area contributed by atoms with Gasteiger partial charge in [-0.25, -0.2) is 13.4 Å². The molecule has 1 aliphatic heterocycles. The molecule has 0 radical (unpaired) electrons. The Hall–Kier alpha value is -2.89. The number of anilines is 3. The van der Waals surface area contributed by atoms with E-state index in [4.69, 9.17) is 21.7 Å². The zero-order valence-electron chi connectivity index (χ0n) is 21.9. The average molecular weight is 550 g/mol. The quantitative estimate of drug-likeness (QED) is 0.215. The number of hydrogen-bond acceptors (Lipinski definition) is 10. The number of halogens is 1. The Morgan fingerprint density at radius 2 is 1.95 bits per heavy atom. The highest BCUT2D eigenvalue weighted by Gasteiger charge is 2.27. The summed E-state index contributed by atoms with van der Waals surface area (Å²) in [5.74, 6) is 1.56. The molecule has 0 saturated carbocycles. The molecular formula is C25H36ClN7O3S. The summed E-state index contributed by atoms with van der Waals surface area (Å²) in [5, 5.41) is 19.3. The van der Waals surface area contributed by atoms with Crippen molar-refractivity contribution < 1.29 is 13.2 Å². The molecule has 1 aliphatic rings. The van der Waals surface area contributed by atoms with Crippen molar-refractivity contribution in [2.45, 2.75) is 57.8 Å². The number of rotatable bonds is 10. The van der Waals surface area contributed by atoms with Crippen LogP contribution in [0.1, 0.15) is 52.0 Å². The number of nitrogens with zero attached hydrogens (tertiary/aromatic N) is 2. The van der Waals surface area contributed by atoms with Crippen molar-refractivity contribution in [1.82, 2.24) is 20.6 Å². The van der Waals surface area contributed by atoms with Crippen molar-refractivity contribution in [2.75, 3.05) is 30.8 Å².